The summed E-state index contributed by atoms with van der Waals surface area (Å²) in [6, 6.07) is 20.3. The summed E-state index contributed by atoms with van der Waals surface area (Å²) in [5, 5.41) is 3.12. The fraction of sp³-hybridized carbons (Fsp3) is 0.261. The van der Waals surface area contributed by atoms with E-state index in [9.17, 15) is 9.59 Å². The van der Waals surface area contributed by atoms with Crippen LogP contribution >= 0.6 is 11.3 Å². The molecule has 1 N–H and O–H groups in total. The van der Waals surface area contributed by atoms with E-state index in [2.05, 4.69) is 39.3 Å². The Hall–Kier alpha value is -3.19. The third-order valence-corrected chi connectivity index (χ3v) is 6.26. The van der Waals surface area contributed by atoms with Gasteiger partial charge in [-0.1, -0.05) is 72.0 Å². The molecule has 0 aliphatic carbocycles. The van der Waals surface area contributed by atoms with Crippen molar-refractivity contribution in [2.45, 2.75) is 25.3 Å². The molecule has 4 rings (SSSR count). The number of methoxy groups -OCH3 is 1. The maximum atomic E-state index is 13.2. The van der Waals surface area contributed by atoms with Gasteiger partial charge in [0.25, 0.3) is 0 Å². The summed E-state index contributed by atoms with van der Waals surface area (Å²) in [6.45, 7) is 1.15. The van der Waals surface area contributed by atoms with Gasteiger partial charge in [0.05, 0.1) is 19.3 Å². The second-order valence-electron chi connectivity index (χ2n) is 7.15. The van der Waals surface area contributed by atoms with Crippen molar-refractivity contribution in [2.24, 2.45) is 0 Å². The first kappa shape index (κ1) is 20.1. The van der Waals surface area contributed by atoms with Gasteiger partial charge in [0.15, 0.2) is 5.13 Å². The Morgan fingerprint density at radius 1 is 1.10 bits per heavy atom. The molecule has 0 saturated carbocycles. The SMILES string of the molecule is COC(=O)Nc1nc2c(s1)CN(C(=O)CC(c1ccccc1)c1ccccc1)CC2. The highest BCUT2D eigenvalue weighted by Crippen LogP contribution is 2.32. The number of rotatable bonds is 5. The molecule has 0 atom stereocenters. The number of ether oxygens (including phenoxy) is 1. The summed E-state index contributed by atoms with van der Waals surface area (Å²) >= 11 is 1.39. The largest absolute Gasteiger partial charge is 0.453 e. The molecule has 7 heteroatoms. The zero-order chi connectivity index (χ0) is 20.9. The summed E-state index contributed by atoms with van der Waals surface area (Å²) in [5.41, 5.74) is 3.22. The van der Waals surface area contributed by atoms with Gasteiger partial charge in [-0.15, -0.1) is 0 Å². The lowest BCUT2D eigenvalue weighted by molar-refractivity contribution is -0.132. The number of nitrogens with zero attached hydrogens (tertiary/aromatic N) is 2. The van der Waals surface area contributed by atoms with E-state index in [0.717, 1.165) is 21.7 Å². The maximum absolute atomic E-state index is 13.2. The molecular weight excluding hydrogens is 398 g/mol. The molecule has 2 amide bonds. The van der Waals surface area contributed by atoms with Crippen LogP contribution in [0.15, 0.2) is 60.7 Å². The molecular formula is C23H23N3O3S. The topological polar surface area (TPSA) is 71.5 Å². The van der Waals surface area contributed by atoms with Crippen LogP contribution in [0.5, 0.6) is 0 Å². The highest BCUT2D eigenvalue weighted by molar-refractivity contribution is 7.15. The van der Waals surface area contributed by atoms with Crippen molar-refractivity contribution < 1.29 is 14.3 Å². The van der Waals surface area contributed by atoms with Gasteiger partial charge in [-0.3, -0.25) is 10.1 Å². The molecule has 1 aliphatic heterocycles. The Morgan fingerprint density at radius 3 is 2.33 bits per heavy atom. The number of carbonyl (C=O) groups is 2. The number of carbonyl (C=O) groups excluding carboxylic acids is 2. The van der Waals surface area contributed by atoms with Gasteiger partial charge in [0.2, 0.25) is 5.91 Å². The molecule has 154 valence electrons. The smallest absolute Gasteiger partial charge is 0.413 e. The highest BCUT2D eigenvalue weighted by atomic mass is 32.1. The quantitative estimate of drug-likeness (QED) is 0.662. The Morgan fingerprint density at radius 2 is 1.73 bits per heavy atom. The van der Waals surface area contributed by atoms with Crippen LogP contribution in [0.1, 0.15) is 34.0 Å². The van der Waals surface area contributed by atoms with Crippen molar-refractivity contribution in [1.29, 1.82) is 0 Å². The highest BCUT2D eigenvalue weighted by Gasteiger charge is 2.27. The van der Waals surface area contributed by atoms with E-state index < -0.39 is 6.09 Å². The number of hydrogen-bond donors (Lipinski definition) is 1. The minimum atomic E-state index is -0.539. The number of aromatic nitrogens is 1. The van der Waals surface area contributed by atoms with Gasteiger partial charge in [-0.2, -0.15) is 0 Å². The second kappa shape index (κ2) is 9.09. The second-order valence-corrected chi connectivity index (χ2v) is 8.23. The van der Waals surface area contributed by atoms with Gasteiger partial charge < -0.3 is 9.64 Å². The van der Waals surface area contributed by atoms with Crippen LogP contribution in [0.4, 0.5) is 9.93 Å². The fourth-order valence-electron chi connectivity index (χ4n) is 3.70. The Kier molecular flexibility index (Phi) is 6.09. The summed E-state index contributed by atoms with van der Waals surface area (Å²) in [7, 11) is 1.32. The molecule has 2 heterocycles. The third-order valence-electron chi connectivity index (χ3n) is 5.26. The van der Waals surface area contributed by atoms with Gasteiger partial charge in [0.1, 0.15) is 0 Å². The van der Waals surface area contributed by atoms with Crippen molar-refractivity contribution in [3.05, 3.63) is 82.4 Å². The molecule has 6 nitrogen and oxygen atoms in total. The molecule has 1 aliphatic rings. The molecule has 30 heavy (non-hydrogen) atoms. The third kappa shape index (κ3) is 4.52. The van der Waals surface area contributed by atoms with Crippen LogP contribution in [0.25, 0.3) is 0 Å². The van der Waals surface area contributed by atoms with Crippen molar-refractivity contribution in [3.8, 4) is 0 Å². The van der Waals surface area contributed by atoms with E-state index in [1.807, 2.05) is 41.3 Å². The standard InChI is InChI=1S/C23H23N3O3S/c1-29-23(28)25-22-24-19-12-13-26(15-20(19)30-22)21(27)14-18(16-8-4-2-5-9-16)17-10-6-3-7-11-17/h2-11,18H,12-15H2,1H3,(H,24,25,28). The summed E-state index contributed by atoms with van der Waals surface area (Å²) < 4.78 is 4.63. The van der Waals surface area contributed by atoms with Crippen LogP contribution in [-0.2, 0) is 22.5 Å². The fourth-order valence-corrected chi connectivity index (χ4v) is 4.71. The minimum Gasteiger partial charge on any atom is -0.453 e. The number of anilines is 1. The molecule has 0 unspecified atom stereocenters. The Labute approximate surface area is 179 Å². The van der Waals surface area contributed by atoms with Crippen LogP contribution in [0.2, 0.25) is 0 Å². The van der Waals surface area contributed by atoms with Crippen LogP contribution in [0, 0.1) is 0 Å². The Bertz CT molecular complexity index is 981. The number of thiazole rings is 1. The van der Waals surface area contributed by atoms with E-state index in [0.29, 0.717) is 31.1 Å². The molecule has 2 aromatic carbocycles. The number of amides is 2. The molecule has 0 saturated heterocycles. The lowest BCUT2D eigenvalue weighted by Crippen LogP contribution is -2.36. The van der Waals surface area contributed by atoms with E-state index in [4.69, 9.17) is 0 Å². The van der Waals surface area contributed by atoms with E-state index in [-0.39, 0.29) is 11.8 Å². The maximum Gasteiger partial charge on any atom is 0.413 e. The van der Waals surface area contributed by atoms with Crippen LogP contribution in [0.3, 0.4) is 0 Å². The Balaban J connectivity index is 1.49. The molecule has 3 aromatic rings. The average Bonchev–Trinajstić information content (AvgIpc) is 3.19. The normalized spacial score (nSPS) is 13.1. The first-order valence-corrected chi connectivity index (χ1v) is 10.7. The number of hydrogen-bond acceptors (Lipinski definition) is 5. The average molecular weight is 422 g/mol. The molecule has 0 bridgehead atoms. The number of nitrogens with one attached hydrogen (secondary N) is 1. The summed E-state index contributed by atoms with van der Waals surface area (Å²) in [4.78, 5) is 32.0. The predicted octanol–water partition coefficient (Wildman–Crippen LogP) is 4.43. The van der Waals surface area contributed by atoms with Crippen molar-refractivity contribution in [2.75, 3.05) is 19.0 Å². The number of benzene rings is 2. The van der Waals surface area contributed by atoms with Gasteiger partial charge in [-0.25, -0.2) is 9.78 Å². The zero-order valence-electron chi connectivity index (χ0n) is 16.7. The van der Waals surface area contributed by atoms with E-state index >= 15 is 0 Å². The lowest BCUT2D eigenvalue weighted by atomic mass is 9.88. The van der Waals surface area contributed by atoms with Gasteiger partial charge in [-0.05, 0) is 11.1 Å². The van der Waals surface area contributed by atoms with Crippen molar-refractivity contribution in [1.82, 2.24) is 9.88 Å². The molecule has 0 fully saturated rings. The first-order chi connectivity index (χ1) is 14.6. The van der Waals surface area contributed by atoms with Crippen LogP contribution in [-0.4, -0.2) is 35.5 Å². The van der Waals surface area contributed by atoms with Gasteiger partial charge in [0, 0.05) is 30.2 Å². The molecule has 1 aromatic heterocycles. The van der Waals surface area contributed by atoms with Crippen molar-refractivity contribution >= 4 is 28.5 Å². The number of fused-ring (bicyclic) bond motifs is 1. The summed E-state index contributed by atoms with van der Waals surface area (Å²) in [5.74, 6) is 0.133. The van der Waals surface area contributed by atoms with Gasteiger partial charge >= 0.3 is 6.09 Å². The summed E-state index contributed by atoms with van der Waals surface area (Å²) in [6.07, 6.45) is 0.555. The van der Waals surface area contributed by atoms with E-state index in [1.165, 1.54) is 18.4 Å². The molecule has 0 spiro atoms. The van der Waals surface area contributed by atoms with Crippen LogP contribution < -0.4 is 5.32 Å². The first-order valence-electron chi connectivity index (χ1n) is 9.85. The zero-order valence-corrected chi connectivity index (χ0v) is 17.5. The minimum absolute atomic E-state index is 0.0132. The monoisotopic (exact) mass is 421 g/mol. The molecule has 0 radical (unpaired) electrons. The van der Waals surface area contributed by atoms with Crippen molar-refractivity contribution in [3.63, 3.8) is 0 Å². The predicted molar refractivity (Wildman–Crippen MR) is 117 cm³/mol. The van der Waals surface area contributed by atoms with E-state index in [1.54, 1.807) is 0 Å². The lowest BCUT2D eigenvalue weighted by Gasteiger charge is -2.28.